The predicted octanol–water partition coefficient (Wildman–Crippen LogP) is 2.40. The summed E-state index contributed by atoms with van der Waals surface area (Å²) in [7, 11) is 0. The Morgan fingerprint density at radius 2 is 2.07 bits per heavy atom. The summed E-state index contributed by atoms with van der Waals surface area (Å²) in [6.45, 7) is 1.21. The number of hydrogen-bond acceptors (Lipinski definition) is 1. The summed E-state index contributed by atoms with van der Waals surface area (Å²) >= 11 is 0. The topological polar surface area (TPSA) is 22.0 Å². The number of nitrogens with zero attached hydrogens (tertiary/aromatic N) is 1. The van der Waals surface area contributed by atoms with Crippen molar-refractivity contribution in [3.8, 4) is 5.69 Å². The minimum absolute atomic E-state index is 0.258. The van der Waals surface area contributed by atoms with Crippen molar-refractivity contribution in [2.24, 2.45) is 0 Å². The molecule has 76 valence electrons. The van der Waals surface area contributed by atoms with Crippen LogP contribution in [0.3, 0.4) is 0 Å². The lowest BCUT2D eigenvalue weighted by Crippen LogP contribution is -2.16. The van der Waals surface area contributed by atoms with E-state index in [1.807, 2.05) is 0 Å². The highest BCUT2D eigenvalue weighted by Gasteiger charge is 1.99. The van der Waals surface area contributed by atoms with Gasteiger partial charge in [0.05, 0.1) is 4.11 Å². The first kappa shape index (κ1) is 5.31. The lowest BCUT2D eigenvalue weighted by Gasteiger charge is -2.06. The first-order valence-corrected chi connectivity index (χ1v) is 4.54. The first-order valence-electron chi connectivity index (χ1n) is 7.04. The van der Waals surface area contributed by atoms with Crippen molar-refractivity contribution >= 4 is 0 Å². The van der Waals surface area contributed by atoms with E-state index in [2.05, 4.69) is 0 Å². The summed E-state index contributed by atoms with van der Waals surface area (Å²) in [6.07, 6.45) is -2.37. The molecule has 2 rings (SSSR count). The maximum atomic E-state index is 12.1. The van der Waals surface area contributed by atoms with Crippen LogP contribution < -0.4 is 5.56 Å². The van der Waals surface area contributed by atoms with Gasteiger partial charge in [0, 0.05) is 20.6 Å². The second kappa shape index (κ2) is 4.13. The number of pyridine rings is 1. The number of hydrogen-bond donors (Lipinski definition) is 0. The van der Waals surface area contributed by atoms with Gasteiger partial charge in [-0.25, -0.2) is 0 Å². The van der Waals surface area contributed by atoms with Gasteiger partial charge >= 0.3 is 0 Å². The molecule has 0 atom stereocenters. The maximum absolute atomic E-state index is 12.1. The fourth-order valence-electron chi connectivity index (χ4n) is 1.24. The normalized spacial score (nSPS) is 15.9. The Morgan fingerprint density at radius 1 is 1.33 bits per heavy atom. The molecule has 2 nitrogen and oxygen atoms in total. The molecular weight excluding hydrogens is 186 g/mol. The summed E-state index contributed by atoms with van der Waals surface area (Å²) in [5.74, 6) is 0. The van der Waals surface area contributed by atoms with Gasteiger partial charge in [-0.2, -0.15) is 0 Å². The second-order valence-electron chi connectivity index (χ2n) is 2.96. The van der Waals surface area contributed by atoms with Crippen LogP contribution in [0.25, 0.3) is 5.69 Å². The van der Waals surface area contributed by atoms with E-state index in [0.29, 0.717) is 5.69 Å². The Labute approximate surface area is 95.8 Å². The minimum Gasteiger partial charge on any atom is -0.284 e. The van der Waals surface area contributed by atoms with Crippen LogP contribution in [0.15, 0.2) is 53.4 Å². The van der Waals surface area contributed by atoms with E-state index in [1.54, 1.807) is 30.3 Å². The molecule has 2 aromatic rings. The van der Waals surface area contributed by atoms with Gasteiger partial charge in [0.2, 0.25) is 0 Å². The van der Waals surface area contributed by atoms with Crippen LogP contribution >= 0.6 is 0 Å². The van der Waals surface area contributed by atoms with E-state index in [0.717, 1.165) is 4.57 Å². The third-order valence-corrected chi connectivity index (χ3v) is 1.99. The molecule has 0 saturated carbocycles. The van der Waals surface area contributed by atoms with Crippen molar-refractivity contribution < 1.29 is 6.85 Å². The summed E-state index contributed by atoms with van der Waals surface area (Å²) in [4.78, 5) is 12.1. The molecule has 0 bridgehead atoms. The number of para-hydroxylation sites is 1. The molecular formula is C13H13NO. The molecule has 1 aromatic heterocycles. The fourth-order valence-corrected chi connectivity index (χ4v) is 1.24. The number of rotatable bonds is 2. The summed E-state index contributed by atoms with van der Waals surface area (Å²) in [5.41, 5.74) is -0.674. The van der Waals surface area contributed by atoms with Crippen LogP contribution in [0.5, 0.6) is 0 Å². The van der Waals surface area contributed by atoms with E-state index in [4.69, 9.17) is 6.85 Å². The third-order valence-electron chi connectivity index (χ3n) is 1.99. The van der Waals surface area contributed by atoms with E-state index in [1.165, 1.54) is 6.92 Å². The molecule has 0 aliphatic rings. The Kier molecular flexibility index (Phi) is 1.46. The van der Waals surface area contributed by atoms with Crippen molar-refractivity contribution in [2.45, 2.75) is 13.3 Å². The van der Waals surface area contributed by atoms with E-state index in [-0.39, 0.29) is 5.56 Å². The van der Waals surface area contributed by atoms with Gasteiger partial charge in [0.25, 0.3) is 5.56 Å². The Bertz CT molecular complexity index is 703. The molecule has 0 N–H and O–H groups in total. The van der Waals surface area contributed by atoms with E-state index >= 15 is 0 Å². The van der Waals surface area contributed by atoms with Crippen LogP contribution in [-0.4, -0.2) is 4.57 Å². The molecule has 0 fully saturated rings. The van der Waals surface area contributed by atoms with Crippen LogP contribution in [0.2, 0.25) is 0 Å². The van der Waals surface area contributed by atoms with E-state index < -0.39 is 30.2 Å². The highest BCUT2D eigenvalue weighted by atomic mass is 16.1. The van der Waals surface area contributed by atoms with Crippen molar-refractivity contribution in [1.82, 2.24) is 4.57 Å². The van der Waals surface area contributed by atoms with Crippen molar-refractivity contribution in [1.29, 1.82) is 0 Å². The highest BCUT2D eigenvalue weighted by molar-refractivity contribution is 5.32. The van der Waals surface area contributed by atoms with Gasteiger partial charge in [0.15, 0.2) is 0 Å². The molecule has 1 heterocycles. The van der Waals surface area contributed by atoms with Gasteiger partial charge in [-0.1, -0.05) is 31.2 Å². The molecule has 0 amide bonds. The van der Waals surface area contributed by atoms with Crippen molar-refractivity contribution in [2.75, 3.05) is 0 Å². The van der Waals surface area contributed by atoms with Crippen molar-refractivity contribution in [3.05, 3.63) is 64.5 Å². The standard InChI is InChI=1S/C13H13NO/c1-2-11-8-9-13(15)14(10-11)12-6-4-3-5-7-12/h3-10H,2H2,1H3/i2D2,8D,9D,10D. The molecule has 0 aliphatic heterocycles. The Hall–Kier alpha value is -1.83. The molecule has 0 radical (unpaired) electrons. The molecule has 15 heavy (non-hydrogen) atoms. The first-order chi connectivity index (χ1) is 9.25. The summed E-state index contributed by atoms with van der Waals surface area (Å²) in [6, 6.07) is 7.16. The molecule has 2 heteroatoms. The van der Waals surface area contributed by atoms with Crippen LogP contribution in [0.4, 0.5) is 0 Å². The molecule has 1 aromatic carbocycles. The fraction of sp³-hybridized carbons (Fsp3) is 0.154. The lowest BCUT2D eigenvalue weighted by molar-refractivity contribution is 0.953. The lowest BCUT2D eigenvalue weighted by atomic mass is 10.2. The largest absolute Gasteiger partial charge is 0.284 e. The summed E-state index contributed by atoms with van der Waals surface area (Å²) in [5, 5.41) is 0. The zero-order valence-corrected chi connectivity index (χ0v) is 8.24. The van der Waals surface area contributed by atoms with Gasteiger partial charge in [-0.05, 0) is 24.1 Å². The molecule has 0 unspecified atom stereocenters. The average Bonchev–Trinajstić information content (AvgIpc) is 2.36. The molecule has 0 spiro atoms. The smallest absolute Gasteiger partial charge is 0.255 e. The second-order valence-corrected chi connectivity index (χ2v) is 2.96. The monoisotopic (exact) mass is 204 g/mol. The third kappa shape index (κ3) is 1.99. The Morgan fingerprint density at radius 3 is 2.73 bits per heavy atom. The summed E-state index contributed by atoms with van der Waals surface area (Å²) < 4.78 is 39.8. The maximum Gasteiger partial charge on any atom is 0.255 e. The zero-order valence-electron chi connectivity index (χ0n) is 13.2. The molecule has 0 aliphatic carbocycles. The predicted molar refractivity (Wildman–Crippen MR) is 61.4 cm³/mol. The molecule has 0 saturated heterocycles. The van der Waals surface area contributed by atoms with Gasteiger partial charge < -0.3 is 0 Å². The van der Waals surface area contributed by atoms with Gasteiger partial charge in [-0.15, -0.1) is 0 Å². The number of aromatic nitrogens is 1. The highest BCUT2D eigenvalue weighted by Crippen LogP contribution is 2.05. The minimum atomic E-state index is -1.98. The number of benzene rings is 1. The quantitative estimate of drug-likeness (QED) is 0.736. The van der Waals surface area contributed by atoms with Crippen LogP contribution in [0.1, 0.15) is 19.3 Å². The average molecular weight is 204 g/mol. The van der Waals surface area contributed by atoms with Crippen molar-refractivity contribution in [3.63, 3.8) is 0 Å². The van der Waals surface area contributed by atoms with Gasteiger partial charge in [-0.3, -0.25) is 9.36 Å². The van der Waals surface area contributed by atoms with Crippen LogP contribution in [-0.2, 0) is 6.37 Å². The SMILES string of the molecule is [2H]c1c(C([2H])([2H])C)c([2H])n(-c2ccccc2)c(=O)c1[2H]. The Balaban J connectivity index is 2.91. The van der Waals surface area contributed by atoms with Gasteiger partial charge in [0.1, 0.15) is 0 Å². The van der Waals surface area contributed by atoms with Crippen LogP contribution in [0, 0.1) is 0 Å². The van der Waals surface area contributed by atoms with E-state index in [9.17, 15) is 4.79 Å². The zero-order chi connectivity index (χ0) is 15.1.